The van der Waals surface area contributed by atoms with Crippen molar-refractivity contribution in [2.45, 2.75) is 18.7 Å². The van der Waals surface area contributed by atoms with Crippen LogP contribution >= 0.6 is 0 Å². The van der Waals surface area contributed by atoms with Crippen LogP contribution in [-0.2, 0) is 14.8 Å². The molecule has 0 atom stereocenters. The quantitative estimate of drug-likeness (QED) is 0.672. The molecule has 1 amide bonds. The zero-order valence-corrected chi connectivity index (χ0v) is 17.3. The van der Waals surface area contributed by atoms with Gasteiger partial charge in [-0.1, -0.05) is 13.8 Å². The van der Waals surface area contributed by atoms with Crippen molar-refractivity contribution in [2.24, 2.45) is 0 Å². The largest absolute Gasteiger partial charge is 0.495 e. The third-order valence-electron chi connectivity index (χ3n) is 4.14. The topological polar surface area (TPSA) is 109 Å². The van der Waals surface area contributed by atoms with E-state index in [2.05, 4.69) is 5.32 Å². The Morgan fingerprint density at radius 2 is 1.79 bits per heavy atom. The van der Waals surface area contributed by atoms with E-state index in [1.165, 1.54) is 29.6 Å². The van der Waals surface area contributed by atoms with Crippen molar-refractivity contribution in [1.82, 2.24) is 4.31 Å². The van der Waals surface area contributed by atoms with Crippen LogP contribution in [0.5, 0.6) is 11.5 Å². The average Bonchev–Trinajstić information content (AvgIpc) is 2.73. The Balaban J connectivity index is 2.15. The van der Waals surface area contributed by atoms with Crippen LogP contribution in [0.2, 0.25) is 0 Å². The minimum Gasteiger partial charge on any atom is -0.495 e. The predicted molar refractivity (Wildman–Crippen MR) is 108 cm³/mol. The van der Waals surface area contributed by atoms with Crippen LogP contribution in [0.3, 0.4) is 0 Å². The summed E-state index contributed by atoms with van der Waals surface area (Å²) in [5.41, 5.74) is 0.715. The Kier molecular flexibility index (Phi) is 7.59. The summed E-state index contributed by atoms with van der Waals surface area (Å²) in [7, 11) is -2.25. The first kappa shape index (κ1) is 22.2. The zero-order chi connectivity index (χ0) is 21.4. The van der Waals surface area contributed by atoms with E-state index in [1.54, 1.807) is 38.1 Å². The van der Waals surface area contributed by atoms with Gasteiger partial charge in [0.15, 0.2) is 6.61 Å². The Morgan fingerprint density at radius 1 is 1.14 bits per heavy atom. The Hall–Kier alpha value is -3.09. The second-order valence-electron chi connectivity index (χ2n) is 5.92. The minimum absolute atomic E-state index is 0.0605. The molecule has 0 bridgehead atoms. The molecule has 9 heteroatoms. The molecule has 8 nitrogen and oxygen atoms in total. The van der Waals surface area contributed by atoms with Crippen molar-refractivity contribution in [3.63, 3.8) is 0 Å². The summed E-state index contributed by atoms with van der Waals surface area (Å²) in [6.07, 6.45) is 0. The number of anilines is 1. The fraction of sp³-hybridized carbons (Fsp3) is 0.300. The lowest BCUT2D eigenvalue weighted by Crippen LogP contribution is -2.30. The van der Waals surface area contributed by atoms with Crippen LogP contribution in [0.15, 0.2) is 47.4 Å². The number of hydrogen-bond donors (Lipinski definition) is 1. The van der Waals surface area contributed by atoms with E-state index in [4.69, 9.17) is 14.7 Å². The number of nitriles is 1. The lowest BCUT2D eigenvalue weighted by atomic mass is 10.2. The van der Waals surface area contributed by atoms with E-state index in [0.717, 1.165) is 0 Å². The molecule has 0 aliphatic heterocycles. The number of nitrogens with zero attached hydrogens (tertiary/aromatic N) is 2. The fourth-order valence-corrected chi connectivity index (χ4v) is 4.10. The van der Waals surface area contributed by atoms with Gasteiger partial charge < -0.3 is 14.8 Å². The molecule has 0 aliphatic rings. The van der Waals surface area contributed by atoms with Crippen LogP contribution in [0.25, 0.3) is 0 Å². The van der Waals surface area contributed by atoms with Crippen LogP contribution in [0.1, 0.15) is 19.4 Å². The zero-order valence-electron chi connectivity index (χ0n) is 16.5. The van der Waals surface area contributed by atoms with E-state index >= 15 is 0 Å². The number of rotatable bonds is 9. The number of hydrogen-bond acceptors (Lipinski definition) is 6. The summed E-state index contributed by atoms with van der Waals surface area (Å²) in [5.74, 6) is 0.282. The van der Waals surface area contributed by atoms with Crippen molar-refractivity contribution in [3.8, 4) is 17.6 Å². The highest BCUT2D eigenvalue weighted by molar-refractivity contribution is 7.89. The summed E-state index contributed by atoms with van der Waals surface area (Å²) in [5, 5.41) is 11.4. The molecule has 0 aliphatic carbocycles. The first-order chi connectivity index (χ1) is 13.8. The third kappa shape index (κ3) is 5.47. The van der Waals surface area contributed by atoms with Gasteiger partial charge in [-0.2, -0.15) is 9.57 Å². The standard InChI is InChI=1S/C20H23N3O5S/c1-4-23(5-2)29(25,26)17-10-11-19(27-3)18(12-17)22-20(24)14-28-16-8-6-15(13-21)7-9-16/h6-12H,4-5,14H2,1-3H3,(H,22,24). The van der Waals surface area contributed by atoms with Crippen molar-refractivity contribution >= 4 is 21.6 Å². The Labute approximate surface area is 170 Å². The molecule has 29 heavy (non-hydrogen) atoms. The maximum atomic E-state index is 12.7. The van der Waals surface area contributed by atoms with Crippen LogP contribution < -0.4 is 14.8 Å². The van der Waals surface area contributed by atoms with Crippen LogP contribution in [0.4, 0.5) is 5.69 Å². The lowest BCUT2D eigenvalue weighted by Gasteiger charge is -2.19. The van der Waals surface area contributed by atoms with E-state index < -0.39 is 15.9 Å². The van der Waals surface area contributed by atoms with E-state index in [-0.39, 0.29) is 17.2 Å². The van der Waals surface area contributed by atoms with Gasteiger partial charge in [0, 0.05) is 13.1 Å². The number of nitrogens with one attached hydrogen (secondary N) is 1. The Morgan fingerprint density at radius 3 is 2.34 bits per heavy atom. The van der Waals surface area contributed by atoms with Gasteiger partial charge in [0.05, 0.1) is 29.3 Å². The van der Waals surface area contributed by atoms with E-state index in [1.807, 2.05) is 6.07 Å². The maximum absolute atomic E-state index is 12.7. The van der Waals surface area contributed by atoms with Gasteiger partial charge in [-0.25, -0.2) is 8.42 Å². The fourth-order valence-electron chi connectivity index (χ4n) is 2.62. The molecule has 0 fully saturated rings. The highest BCUT2D eigenvalue weighted by Gasteiger charge is 2.23. The average molecular weight is 417 g/mol. The summed E-state index contributed by atoms with van der Waals surface area (Å²) in [6.45, 7) is 3.90. The molecular formula is C20H23N3O5S. The smallest absolute Gasteiger partial charge is 0.262 e. The maximum Gasteiger partial charge on any atom is 0.262 e. The number of carbonyl (C=O) groups excluding carboxylic acids is 1. The molecule has 0 spiro atoms. The minimum atomic E-state index is -3.68. The molecule has 1 N–H and O–H groups in total. The summed E-state index contributed by atoms with van der Waals surface area (Å²) < 4.78 is 37.4. The lowest BCUT2D eigenvalue weighted by molar-refractivity contribution is -0.118. The molecule has 2 aromatic rings. The number of ether oxygens (including phenoxy) is 2. The first-order valence-electron chi connectivity index (χ1n) is 8.96. The summed E-state index contributed by atoms with van der Waals surface area (Å²) in [4.78, 5) is 12.3. The SMILES string of the molecule is CCN(CC)S(=O)(=O)c1ccc(OC)c(NC(=O)COc2ccc(C#N)cc2)c1. The van der Waals surface area contributed by atoms with Gasteiger partial charge in [-0.3, -0.25) is 4.79 Å². The van der Waals surface area contributed by atoms with Gasteiger partial charge in [-0.05, 0) is 42.5 Å². The molecule has 2 aromatic carbocycles. The second-order valence-corrected chi connectivity index (χ2v) is 7.86. The number of carbonyl (C=O) groups is 1. The van der Waals surface area contributed by atoms with Crippen LogP contribution in [0, 0.1) is 11.3 Å². The highest BCUT2D eigenvalue weighted by atomic mass is 32.2. The molecule has 154 valence electrons. The first-order valence-corrected chi connectivity index (χ1v) is 10.4. The molecule has 0 saturated heterocycles. The van der Waals surface area contributed by atoms with Gasteiger partial charge in [0.2, 0.25) is 10.0 Å². The monoisotopic (exact) mass is 417 g/mol. The van der Waals surface area contributed by atoms with Gasteiger partial charge in [-0.15, -0.1) is 0 Å². The molecule has 0 aromatic heterocycles. The Bertz CT molecular complexity index is 994. The second kappa shape index (κ2) is 9.91. The molecule has 0 unspecified atom stereocenters. The number of sulfonamides is 1. The van der Waals surface area contributed by atoms with Gasteiger partial charge >= 0.3 is 0 Å². The third-order valence-corrected chi connectivity index (χ3v) is 6.19. The predicted octanol–water partition coefficient (Wildman–Crippen LogP) is 2.61. The molecule has 0 heterocycles. The molecule has 0 radical (unpaired) electrons. The normalized spacial score (nSPS) is 11.0. The van der Waals surface area contributed by atoms with Gasteiger partial charge in [0.25, 0.3) is 5.91 Å². The number of amides is 1. The van der Waals surface area contributed by atoms with Crippen molar-refractivity contribution < 1.29 is 22.7 Å². The van der Waals surface area contributed by atoms with Crippen molar-refractivity contribution in [1.29, 1.82) is 5.26 Å². The number of methoxy groups -OCH3 is 1. The summed E-state index contributed by atoms with van der Waals surface area (Å²) in [6, 6.07) is 12.6. The highest BCUT2D eigenvalue weighted by Crippen LogP contribution is 2.29. The van der Waals surface area contributed by atoms with Crippen molar-refractivity contribution in [3.05, 3.63) is 48.0 Å². The van der Waals surface area contributed by atoms with Crippen LogP contribution in [-0.4, -0.2) is 45.4 Å². The molecular weight excluding hydrogens is 394 g/mol. The van der Waals surface area contributed by atoms with Crippen molar-refractivity contribution in [2.75, 3.05) is 32.1 Å². The molecule has 0 saturated carbocycles. The van der Waals surface area contributed by atoms with Gasteiger partial charge in [0.1, 0.15) is 11.5 Å². The number of benzene rings is 2. The molecule has 2 rings (SSSR count). The summed E-state index contributed by atoms with van der Waals surface area (Å²) >= 11 is 0. The van der Waals surface area contributed by atoms with E-state index in [9.17, 15) is 13.2 Å². The van der Waals surface area contributed by atoms with E-state index in [0.29, 0.717) is 30.2 Å².